The molecule has 0 saturated carbocycles. The maximum Gasteiger partial charge on any atom is 0.315 e. The van der Waals surface area contributed by atoms with Gasteiger partial charge in [0.15, 0.2) is 0 Å². The van der Waals surface area contributed by atoms with Crippen molar-refractivity contribution in [2.75, 3.05) is 13.1 Å². The Morgan fingerprint density at radius 3 is 2.50 bits per heavy atom. The predicted octanol–water partition coefficient (Wildman–Crippen LogP) is 0.788. The molecule has 18 heavy (non-hydrogen) atoms. The fraction of sp³-hybridized carbons (Fsp3) is 0.231. The molecule has 0 fully saturated rings. The normalized spacial score (nSPS) is 9.33. The van der Waals surface area contributed by atoms with E-state index >= 15 is 0 Å². The van der Waals surface area contributed by atoms with Crippen LogP contribution >= 0.6 is 0 Å². The molecule has 0 aromatic heterocycles. The molecule has 0 heterocycles. The molecule has 0 bridgehead atoms. The van der Waals surface area contributed by atoms with Crippen molar-refractivity contribution >= 4 is 11.9 Å². The van der Waals surface area contributed by atoms with E-state index in [2.05, 4.69) is 22.5 Å². The molecular weight excluding hydrogens is 230 g/mol. The van der Waals surface area contributed by atoms with Crippen LogP contribution in [0.3, 0.4) is 0 Å². The highest BCUT2D eigenvalue weighted by Gasteiger charge is 2.03. The summed E-state index contributed by atoms with van der Waals surface area (Å²) < 4.78 is 0. The van der Waals surface area contributed by atoms with Gasteiger partial charge in [0.2, 0.25) is 5.91 Å². The van der Waals surface area contributed by atoms with Gasteiger partial charge in [-0.25, -0.2) is 4.79 Å². The average Bonchev–Trinajstić information content (AvgIpc) is 2.41. The van der Waals surface area contributed by atoms with Crippen molar-refractivity contribution in [3.63, 3.8) is 0 Å². The molecule has 0 aliphatic rings. The maximum atomic E-state index is 11.4. The van der Waals surface area contributed by atoms with Crippen LogP contribution in [-0.4, -0.2) is 25.0 Å². The Kier molecular flexibility index (Phi) is 6.03. The third-order valence-corrected chi connectivity index (χ3v) is 2.15. The number of rotatable bonds is 6. The van der Waals surface area contributed by atoms with Gasteiger partial charge in [-0.2, -0.15) is 0 Å². The second kappa shape index (κ2) is 7.89. The van der Waals surface area contributed by atoms with E-state index in [-0.39, 0.29) is 18.5 Å². The topological polar surface area (TPSA) is 70.2 Å². The first-order valence-electron chi connectivity index (χ1n) is 5.65. The molecular formula is C13H17N3O2. The quantitative estimate of drug-likeness (QED) is 0.650. The molecule has 0 aliphatic heterocycles. The maximum absolute atomic E-state index is 11.4. The number of urea groups is 1. The largest absolute Gasteiger partial charge is 0.351 e. The second-order valence-electron chi connectivity index (χ2n) is 3.61. The predicted molar refractivity (Wildman–Crippen MR) is 69.9 cm³/mol. The van der Waals surface area contributed by atoms with Gasteiger partial charge in [-0.1, -0.05) is 36.4 Å². The van der Waals surface area contributed by atoms with Crippen molar-refractivity contribution in [1.29, 1.82) is 0 Å². The zero-order valence-electron chi connectivity index (χ0n) is 10.1. The first kappa shape index (κ1) is 13.8. The molecule has 1 aromatic rings. The lowest BCUT2D eigenvalue weighted by Gasteiger charge is -2.07. The summed E-state index contributed by atoms with van der Waals surface area (Å²) >= 11 is 0. The van der Waals surface area contributed by atoms with Crippen LogP contribution in [0.25, 0.3) is 0 Å². The third kappa shape index (κ3) is 5.69. The SMILES string of the molecule is C=CCNC(=O)CNC(=O)NCc1ccccc1. The lowest BCUT2D eigenvalue weighted by Crippen LogP contribution is -2.41. The van der Waals surface area contributed by atoms with E-state index < -0.39 is 0 Å². The van der Waals surface area contributed by atoms with Gasteiger partial charge in [-0.3, -0.25) is 4.79 Å². The van der Waals surface area contributed by atoms with Crippen LogP contribution in [0.5, 0.6) is 0 Å². The summed E-state index contributed by atoms with van der Waals surface area (Å²) in [5.41, 5.74) is 1.00. The van der Waals surface area contributed by atoms with Crippen LogP contribution in [0.2, 0.25) is 0 Å². The zero-order chi connectivity index (χ0) is 13.2. The highest BCUT2D eigenvalue weighted by molar-refractivity contribution is 5.83. The lowest BCUT2D eigenvalue weighted by molar-refractivity contribution is -0.119. The molecule has 3 amide bonds. The zero-order valence-corrected chi connectivity index (χ0v) is 10.1. The van der Waals surface area contributed by atoms with Crippen molar-refractivity contribution in [3.8, 4) is 0 Å². The van der Waals surface area contributed by atoms with Crippen LogP contribution in [0.1, 0.15) is 5.56 Å². The van der Waals surface area contributed by atoms with Crippen LogP contribution in [-0.2, 0) is 11.3 Å². The Bertz CT molecular complexity index is 404. The first-order chi connectivity index (χ1) is 8.72. The number of hydrogen-bond acceptors (Lipinski definition) is 2. The summed E-state index contributed by atoms with van der Waals surface area (Å²) in [5.74, 6) is -0.246. The summed E-state index contributed by atoms with van der Waals surface area (Å²) in [6.45, 7) is 4.26. The average molecular weight is 247 g/mol. The molecule has 0 spiro atoms. The van der Waals surface area contributed by atoms with E-state index in [1.165, 1.54) is 0 Å². The number of amides is 3. The van der Waals surface area contributed by atoms with Crippen LogP contribution in [0, 0.1) is 0 Å². The molecule has 1 rings (SSSR count). The summed E-state index contributed by atoms with van der Waals surface area (Å²) in [7, 11) is 0. The molecule has 5 nitrogen and oxygen atoms in total. The summed E-state index contributed by atoms with van der Waals surface area (Å²) in [6.07, 6.45) is 1.58. The van der Waals surface area contributed by atoms with Gasteiger partial charge in [0, 0.05) is 13.1 Å². The van der Waals surface area contributed by atoms with E-state index in [4.69, 9.17) is 0 Å². The van der Waals surface area contributed by atoms with Gasteiger partial charge in [-0.05, 0) is 5.56 Å². The molecule has 3 N–H and O–H groups in total. The Labute approximate surface area is 106 Å². The molecule has 5 heteroatoms. The number of nitrogens with one attached hydrogen (secondary N) is 3. The monoisotopic (exact) mass is 247 g/mol. The van der Waals surface area contributed by atoms with E-state index in [1.54, 1.807) is 6.08 Å². The summed E-state index contributed by atoms with van der Waals surface area (Å²) in [5, 5.41) is 7.69. The van der Waals surface area contributed by atoms with Crippen molar-refractivity contribution in [1.82, 2.24) is 16.0 Å². The molecule has 0 radical (unpaired) electrons. The fourth-order valence-corrected chi connectivity index (χ4v) is 1.25. The van der Waals surface area contributed by atoms with Crippen molar-refractivity contribution in [2.45, 2.75) is 6.54 Å². The van der Waals surface area contributed by atoms with Crippen LogP contribution in [0.15, 0.2) is 43.0 Å². The van der Waals surface area contributed by atoms with Gasteiger partial charge in [0.05, 0.1) is 6.54 Å². The minimum absolute atomic E-state index is 0.0472. The van der Waals surface area contributed by atoms with E-state index in [9.17, 15) is 9.59 Å². The van der Waals surface area contributed by atoms with Gasteiger partial charge in [0.25, 0.3) is 0 Å². The minimum Gasteiger partial charge on any atom is -0.351 e. The molecule has 96 valence electrons. The Morgan fingerprint density at radius 1 is 1.11 bits per heavy atom. The van der Waals surface area contributed by atoms with Gasteiger partial charge >= 0.3 is 6.03 Å². The minimum atomic E-state index is -0.368. The molecule has 0 atom stereocenters. The fourth-order valence-electron chi connectivity index (χ4n) is 1.25. The Balaban J connectivity index is 2.18. The van der Waals surface area contributed by atoms with Crippen LogP contribution < -0.4 is 16.0 Å². The third-order valence-electron chi connectivity index (χ3n) is 2.15. The number of carbonyl (C=O) groups is 2. The van der Waals surface area contributed by atoms with Crippen molar-refractivity contribution in [2.24, 2.45) is 0 Å². The van der Waals surface area contributed by atoms with Gasteiger partial charge in [0.1, 0.15) is 0 Å². The lowest BCUT2D eigenvalue weighted by atomic mass is 10.2. The van der Waals surface area contributed by atoms with Crippen molar-refractivity contribution in [3.05, 3.63) is 48.6 Å². The van der Waals surface area contributed by atoms with E-state index in [0.717, 1.165) is 5.56 Å². The number of carbonyl (C=O) groups excluding carboxylic acids is 2. The Hall–Kier alpha value is -2.30. The standard InChI is InChI=1S/C13H17N3O2/c1-2-8-14-12(17)10-16-13(18)15-9-11-6-4-3-5-7-11/h2-7H,1,8-10H2,(H,14,17)(H2,15,16,18). The number of hydrogen-bond donors (Lipinski definition) is 3. The molecule has 0 unspecified atom stereocenters. The summed E-state index contributed by atoms with van der Waals surface area (Å²) in [6, 6.07) is 9.17. The number of benzene rings is 1. The van der Waals surface area contributed by atoms with Crippen molar-refractivity contribution < 1.29 is 9.59 Å². The second-order valence-corrected chi connectivity index (χ2v) is 3.61. The summed E-state index contributed by atoms with van der Waals surface area (Å²) in [4.78, 5) is 22.6. The smallest absolute Gasteiger partial charge is 0.315 e. The first-order valence-corrected chi connectivity index (χ1v) is 5.65. The molecule has 0 aliphatic carbocycles. The molecule has 1 aromatic carbocycles. The van der Waals surface area contributed by atoms with E-state index in [0.29, 0.717) is 13.1 Å². The van der Waals surface area contributed by atoms with Gasteiger partial charge in [-0.15, -0.1) is 6.58 Å². The van der Waals surface area contributed by atoms with E-state index in [1.807, 2.05) is 30.3 Å². The van der Waals surface area contributed by atoms with Crippen LogP contribution in [0.4, 0.5) is 4.79 Å². The van der Waals surface area contributed by atoms with Gasteiger partial charge < -0.3 is 16.0 Å². The highest BCUT2D eigenvalue weighted by Crippen LogP contribution is 1.96. The highest BCUT2D eigenvalue weighted by atomic mass is 16.2. The molecule has 0 saturated heterocycles. The Morgan fingerprint density at radius 2 is 1.83 bits per heavy atom.